The standard InChI is InChI=1S/C9H10N4S/c14-12-9-3-5-13(11-9)7-8-2-1-4-10-6-8/h1-6,14H,7H2,(H,11,12). The first kappa shape index (κ1) is 9.08. The van der Waals surface area contributed by atoms with E-state index >= 15 is 0 Å². The molecule has 0 aliphatic carbocycles. The number of rotatable bonds is 3. The first-order valence-electron chi connectivity index (χ1n) is 4.21. The van der Waals surface area contributed by atoms with Crippen LogP contribution >= 0.6 is 12.8 Å². The van der Waals surface area contributed by atoms with Crippen molar-refractivity contribution in [3.63, 3.8) is 0 Å². The quantitative estimate of drug-likeness (QED) is 0.749. The van der Waals surface area contributed by atoms with Crippen LogP contribution in [-0.2, 0) is 6.54 Å². The van der Waals surface area contributed by atoms with E-state index in [1.54, 1.807) is 6.20 Å². The van der Waals surface area contributed by atoms with Gasteiger partial charge in [-0.3, -0.25) is 9.67 Å². The van der Waals surface area contributed by atoms with Crippen molar-refractivity contribution in [3.05, 3.63) is 42.4 Å². The smallest absolute Gasteiger partial charge is 0.157 e. The predicted octanol–water partition coefficient (Wildman–Crippen LogP) is 1.58. The van der Waals surface area contributed by atoms with E-state index < -0.39 is 0 Å². The van der Waals surface area contributed by atoms with Crippen LogP contribution in [0.5, 0.6) is 0 Å². The molecule has 0 saturated heterocycles. The summed E-state index contributed by atoms with van der Waals surface area (Å²) >= 11 is 3.91. The molecule has 0 bridgehead atoms. The van der Waals surface area contributed by atoms with Crippen molar-refractivity contribution in [1.29, 1.82) is 0 Å². The van der Waals surface area contributed by atoms with Gasteiger partial charge in [-0.1, -0.05) is 18.9 Å². The summed E-state index contributed by atoms with van der Waals surface area (Å²) < 4.78 is 4.51. The Kier molecular flexibility index (Phi) is 2.69. The Hall–Kier alpha value is -1.49. The van der Waals surface area contributed by atoms with Crippen LogP contribution in [0.2, 0.25) is 0 Å². The second kappa shape index (κ2) is 4.15. The number of pyridine rings is 1. The molecule has 0 aliphatic rings. The Balaban J connectivity index is 2.11. The molecule has 2 aromatic heterocycles. The maximum absolute atomic E-state index is 4.23. The minimum atomic E-state index is 0.725. The summed E-state index contributed by atoms with van der Waals surface area (Å²) in [6.07, 6.45) is 5.48. The molecule has 0 fully saturated rings. The lowest BCUT2D eigenvalue weighted by molar-refractivity contribution is 0.688. The van der Waals surface area contributed by atoms with Crippen molar-refractivity contribution in [2.45, 2.75) is 6.54 Å². The third-order valence-corrected chi connectivity index (χ3v) is 2.05. The minimum absolute atomic E-state index is 0.725. The summed E-state index contributed by atoms with van der Waals surface area (Å²) in [6.45, 7) is 0.725. The van der Waals surface area contributed by atoms with Gasteiger partial charge in [-0.05, 0) is 11.6 Å². The van der Waals surface area contributed by atoms with Gasteiger partial charge in [-0.2, -0.15) is 5.10 Å². The number of thiol groups is 1. The Morgan fingerprint density at radius 3 is 3.00 bits per heavy atom. The Morgan fingerprint density at radius 1 is 1.43 bits per heavy atom. The van der Waals surface area contributed by atoms with Crippen molar-refractivity contribution in [2.75, 3.05) is 4.72 Å². The van der Waals surface area contributed by atoms with Gasteiger partial charge in [0, 0.05) is 24.7 Å². The number of nitrogens with zero attached hydrogens (tertiary/aromatic N) is 3. The highest BCUT2D eigenvalue weighted by Crippen LogP contribution is 2.05. The van der Waals surface area contributed by atoms with Gasteiger partial charge < -0.3 is 4.72 Å². The van der Waals surface area contributed by atoms with Crippen molar-refractivity contribution in [2.24, 2.45) is 0 Å². The first-order chi connectivity index (χ1) is 6.88. The molecule has 0 radical (unpaired) electrons. The number of nitrogens with one attached hydrogen (secondary N) is 1. The molecule has 4 nitrogen and oxygen atoms in total. The fourth-order valence-corrected chi connectivity index (χ4v) is 1.31. The van der Waals surface area contributed by atoms with Crippen LogP contribution < -0.4 is 4.72 Å². The lowest BCUT2D eigenvalue weighted by atomic mass is 10.3. The maximum atomic E-state index is 4.23. The number of anilines is 1. The van der Waals surface area contributed by atoms with E-state index in [0.29, 0.717) is 0 Å². The highest BCUT2D eigenvalue weighted by atomic mass is 32.1. The van der Waals surface area contributed by atoms with Crippen molar-refractivity contribution in [1.82, 2.24) is 14.8 Å². The molecule has 2 rings (SSSR count). The van der Waals surface area contributed by atoms with Gasteiger partial charge in [0.25, 0.3) is 0 Å². The number of hydrogen-bond acceptors (Lipinski definition) is 4. The van der Waals surface area contributed by atoms with Crippen LogP contribution in [0.1, 0.15) is 5.56 Å². The molecule has 2 aromatic rings. The fraction of sp³-hybridized carbons (Fsp3) is 0.111. The van der Waals surface area contributed by atoms with Gasteiger partial charge in [0.1, 0.15) is 0 Å². The molecule has 2 heterocycles. The lowest BCUT2D eigenvalue weighted by Crippen LogP contribution is -2.00. The van der Waals surface area contributed by atoms with Gasteiger partial charge in [-0.25, -0.2) is 0 Å². The van der Waals surface area contributed by atoms with E-state index in [1.807, 2.05) is 35.3 Å². The Bertz CT molecular complexity index is 398. The Morgan fingerprint density at radius 2 is 2.36 bits per heavy atom. The van der Waals surface area contributed by atoms with Gasteiger partial charge in [-0.15, -0.1) is 0 Å². The number of hydrogen-bond donors (Lipinski definition) is 2. The summed E-state index contributed by atoms with van der Waals surface area (Å²) in [4.78, 5) is 4.04. The zero-order valence-electron chi connectivity index (χ0n) is 7.46. The van der Waals surface area contributed by atoms with Gasteiger partial charge in [0.15, 0.2) is 5.82 Å². The van der Waals surface area contributed by atoms with Gasteiger partial charge in [0.2, 0.25) is 0 Å². The van der Waals surface area contributed by atoms with Crippen LogP contribution in [0, 0.1) is 0 Å². The van der Waals surface area contributed by atoms with Crippen molar-refractivity contribution >= 4 is 18.6 Å². The van der Waals surface area contributed by atoms with E-state index in [0.717, 1.165) is 17.9 Å². The van der Waals surface area contributed by atoms with Crippen LogP contribution in [0.25, 0.3) is 0 Å². The molecule has 1 N–H and O–H groups in total. The van der Waals surface area contributed by atoms with E-state index in [9.17, 15) is 0 Å². The van der Waals surface area contributed by atoms with E-state index in [1.165, 1.54) is 0 Å². The molecule has 0 atom stereocenters. The average molecular weight is 206 g/mol. The summed E-state index contributed by atoms with van der Waals surface area (Å²) in [5.41, 5.74) is 1.13. The molecule has 0 aliphatic heterocycles. The number of aromatic nitrogens is 3. The summed E-state index contributed by atoms with van der Waals surface area (Å²) in [5.74, 6) is 0.747. The SMILES string of the molecule is SNc1ccn(Cc2cccnc2)n1. The maximum Gasteiger partial charge on any atom is 0.157 e. The van der Waals surface area contributed by atoms with Crippen molar-refractivity contribution < 1.29 is 0 Å². The molecular weight excluding hydrogens is 196 g/mol. The molecule has 0 unspecified atom stereocenters. The molecule has 72 valence electrons. The molecule has 0 amide bonds. The lowest BCUT2D eigenvalue weighted by Gasteiger charge is -2.00. The molecule has 0 spiro atoms. The molecule has 5 heteroatoms. The Labute approximate surface area is 87.5 Å². The van der Waals surface area contributed by atoms with Crippen LogP contribution in [0.3, 0.4) is 0 Å². The summed E-state index contributed by atoms with van der Waals surface area (Å²) in [7, 11) is 0. The minimum Gasteiger partial charge on any atom is -0.316 e. The monoisotopic (exact) mass is 206 g/mol. The fourth-order valence-electron chi connectivity index (χ4n) is 1.19. The average Bonchev–Trinajstić information content (AvgIpc) is 2.67. The largest absolute Gasteiger partial charge is 0.316 e. The highest BCUT2D eigenvalue weighted by molar-refractivity contribution is 7.81. The predicted molar refractivity (Wildman–Crippen MR) is 58.2 cm³/mol. The van der Waals surface area contributed by atoms with E-state index in [2.05, 4.69) is 27.6 Å². The normalized spacial score (nSPS) is 10.1. The van der Waals surface area contributed by atoms with Gasteiger partial charge >= 0.3 is 0 Å². The molecule has 0 aromatic carbocycles. The summed E-state index contributed by atoms with van der Waals surface area (Å²) in [5, 5.41) is 4.23. The zero-order chi connectivity index (χ0) is 9.80. The second-order valence-electron chi connectivity index (χ2n) is 2.87. The van der Waals surface area contributed by atoms with Crippen molar-refractivity contribution in [3.8, 4) is 0 Å². The van der Waals surface area contributed by atoms with Crippen LogP contribution in [0.15, 0.2) is 36.8 Å². The second-order valence-corrected chi connectivity index (χ2v) is 3.10. The van der Waals surface area contributed by atoms with Crippen LogP contribution in [0.4, 0.5) is 5.82 Å². The van der Waals surface area contributed by atoms with E-state index in [-0.39, 0.29) is 0 Å². The third-order valence-electron chi connectivity index (χ3n) is 1.82. The summed E-state index contributed by atoms with van der Waals surface area (Å²) in [6, 6.07) is 5.79. The topological polar surface area (TPSA) is 42.7 Å². The molecule has 14 heavy (non-hydrogen) atoms. The van der Waals surface area contributed by atoms with E-state index in [4.69, 9.17) is 0 Å². The van der Waals surface area contributed by atoms with Gasteiger partial charge in [0.05, 0.1) is 6.54 Å². The highest BCUT2D eigenvalue weighted by Gasteiger charge is 1.97. The van der Waals surface area contributed by atoms with Crippen LogP contribution in [-0.4, -0.2) is 14.8 Å². The third kappa shape index (κ3) is 2.05. The first-order valence-corrected chi connectivity index (χ1v) is 4.65. The zero-order valence-corrected chi connectivity index (χ0v) is 8.35. The molecule has 0 saturated carbocycles. The molecular formula is C9H10N4S.